The van der Waals surface area contributed by atoms with Crippen LogP contribution in [-0.4, -0.2) is 63.4 Å². The van der Waals surface area contributed by atoms with Crippen LogP contribution in [0.15, 0.2) is 29.2 Å². The number of aliphatic hydroxyl groups excluding tert-OH is 1. The van der Waals surface area contributed by atoms with E-state index in [4.69, 9.17) is 18.7 Å². The van der Waals surface area contributed by atoms with E-state index in [1.807, 2.05) is 20.8 Å². The molecule has 1 saturated carbocycles. The summed E-state index contributed by atoms with van der Waals surface area (Å²) in [6, 6.07) is 4.92. The Morgan fingerprint density at radius 3 is 2.70 bits per heavy atom. The number of hydrogen-bond acceptors (Lipinski definition) is 8. The number of nitrogens with zero attached hydrogens (tertiary/aromatic N) is 2. The third-order valence-corrected chi connectivity index (χ3v) is 8.19. The molecule has 204 valence electrons. The van der Waals surface area contributed by atoms with Crippen molar-refractivity contribution in [3.05, 3.63) is 34.7 Å². The van der Waals surface area contributed by atoms with Crippen LogP contribution in [0.1, 0.15) is 52.9 Å². The molecule has 12 heteroatoms. The molecule has 37 heavy (non-hydrogen) atoms. The highest BCUT2D eigenvalue weighted by molar-refractivity contribution is 14.2. The summed E-state index contributed by atoms with van der Waals surface area (Å²) in [4.78, 5) is 29.7. The van der Waals surface area contributed by atoms with Crippen LogP contribution in [0.3, 0.4) is 0 Å². The van der Waals surface area contributed by atoms with Gasteiger partial charge in [0.15, 0.2) is 0 Å². The number of aromatic nitrogens is 2. The van der Waals surface area contributed by atoms with E-state index in [1.54, 1.807) is 18.3 Å². The molecule has 2 saturated heterocycles. The number of nitrogens with one attached hydrogen (secondary N) is 1. The number of carbonyl (C=O) groups excluding carboxylic acids is 1. The fraction of sp³-hybridized carbons (Fsp3) is 0.640. The van der Waals surface area contributed by atoms with Crippen LogP contribution < -0.4 is 15.6 Å². The summed E-state index contributed by atoms with van der Waals surface area (Å²) in [5.41, 5.74) is -0.860. The molecule has 1 aliphatic carbocycles. The highest BCUT2D eigenvalue weighted by Gasteiger charge is 2.54. The number of hydrogen-bond donors (Lipinski definition) is 2. The lowest BCUT2D eigenvalue weighted by atomic mass is 9.69. The molecule has 2 bridgehead atoms. The van der Waals surface area contributed by atoms with Crippen molar-refractivity contribution < 1.29 is 28.6 Å². The van der Waals surface area contributed by atoms with Gasteiger partial charge in [0.05, 0.1) is 61.2 Å². The van der Waals surface area contributed by atoms with Crippen LogP contribution in [0.4, 0.5) is 4.79 Å². The zero-order valence-electron chi connectivity index (χ0n) is 21.4. The van der Waals surface area contributed by atoms with Crippen molar-refractivity contribution in [2.45, 2.75) is 82.3 Å². The Bertz CT molecular complexity index is 1140. The molecule has 4 heterocycles. The molecule has 2 atom stereocenters. The average molecular weight is 647 g/mol. The van der Waals surface area contributed by atoms with Gasteiger partial charge in [-0.25, -0.2) is 4.79 Å². The van der Waals surface area contributed by atoms with Gasteiger partial charge < -0.3 is 33.7 Å². The lowest BCUT2D eigenvalue weighted by Gasteiger charge is -2.54. The Kier molecular flexibility index (Phi) is 9.00. The predicted octanol–water partition coefficient (Wildman–Crippen LogP) is 4.09. The van der Waals surface area contributed by atoms with Crippen LogP contribution in [-0.2, 0) is 20.5 Å². The van der Waals surface area contributed by atoms with Gasteiger partial charge in [0, 0.05) is 18.6 Å². The second-order valence-corrected chi connectivity index (χ2v) is 12.5. The van der Waals surface area contributed by atoms with Gasteiger partial charge in [-0.2, -0.15) is 0 Å². The van der Waals surface area contributed by atoms with Gasteiger partial charge in [-0.3, -0.25) is 9.78 Å². The molecule has 3 aliphatic rings. The maximum atomic E-state index is 12.8. The van der Waals surface area contributed by atoms with E-state index in [-0.39, 0.29) is 18.7 Å². The molecule has 10 nitrogen and oxygen atoms in total. The maximum Gasteiger partial charge on any atom is 0.408 e. The monoisotopic (exact) mass is 647 g/mol. The van der Waals surface area contributed by atoms with E-state index < -0.39 is 28.9 Å². The summed E-state index contributed by atoms with van der Waals surface area (Å²) >= 11 is 2.18. The van der Waals surface area contributed by atoms with Crippen molar-refractivity contribution in [3.8, 4) is 5.75 Å². The minimum absolute atomic E-state index is 0.0677. The van der Waals surface area contributed by atoms with Gasteiger partial charge >= 0.3 is 6.09 Å². The molecule has 2 aliphatic heterocycles. The zero-order valence-corrected chi connectivity index (χ0v) is 24.6. The summed E-state index contributed by atoms with van der Waals surface area (Å²) in [5.74, 6) is 0.556. The van der Waals surface area contributed by atoms with Crippen molar-refractivity contribution in [1.82, 2.24) is 14.9 Å². The molecule has 2 aromatic heterocycles. The molecular weight excluding hydrogens is 612 g/mol. The number of ether oxygens (including phenoxy) is 3. The number of fused-ring (bicyclic) bond motifs is 4. The minimum atomic E-state index is -0.911. The van der Waals surface area contributed by atoms with E-state index >= 15 is 0 Å². The molecule has 3 fully saturated rings. The second kappa shape index (κ2) is 11.7. The first kappa shape index (κ1) is 28.5. The summed E-state index contributed by atoms with van der Waals surface area (Å²) in [6.07, 6.45) is 3.47. The third-order valence-electron chi connectivity index (χ3n) is 6.95. The number of aliphatic hydroxyl groups is 1. The first-order valence-electron chi connectivity index (χ1n) is 12.5. The molecule has 5 rings (SSSR count). The van der Waals surface area contributed by atoms with E-state index in [0.717, 1.165) is 6.42 Å². The summed E-state index contributed by atoms with van der Waals surface area (Å²) in [7, 11) is 0. The van der Waals surface area contributed by atoms with E-state index in [2.05, 4.69) is 32.3 Å². The normalized spacial score (nSPS) is 24.5. The number of halogens is 1. The lowest BCUT2D eigenvalue weighted by Crippen LogP contribution is -2.66. The van der Waals surface area contributed by atoms with Crippen LogP contribution in [0.25, 0.3) is 11.0 Å². The highest BCUT2D eigenvalue weighted by Crippen LogP contribution is 2.46. The molecule has 1 amide bonds. The van der Waals surface area contributed by atoms with Crippen molar-refractivity contribution in [3.63, 3.8) is 0 Å². The average Bonchev–Trinajstić information content (AvgIpc) is 2.85. The first-order valence-corrected chi connectivity index (χ1v) is 16.5. The Balaban J connectivity index is 1.44. The Morgan fingerprint density at radius 1 is 1.30 bits per heavy atom. The SMILES string of the molecule is CC(C)(C)OC(=O)NC12CCC(C(O)Cn3c(=O)ccc4ncc(OCCCOPI)cc43)(CC1)OC2. The third kappa shape index (κ3) is 6.92. The minimum Gasteiger partial charge on any atom is -0.492 e. The molecular formula is C25H35IN3O7P. The van der Waals surface area contributed by atoms with Gasteiger partial charge in [0.1, 0.15) is 17.5 Å². The fourth-order valence-corrected chi connectivity index (χ4v) is 5.83. The topological polar surface area (TPSA) is 121 Å². The number of carbonyl (C=O) groups is 1. The van der Waals surface area contributed by atoms with E-state index in [1.165, 1.54) is 10.6 Å². The fourth-order valence-electron chi connectivity index (χ4n) is 4.95. The van der Waals surface area contributed by atoms with E-state index in [0.29, 0.717) is 62.1 Å². The largest absolute Gasteiger partial charge is 0.492 e. The zero-order chi connectivity index (χ0) is 26.7. The number of amides is 1. The molecule has 2 N–H and O–H groups in total. The van der Waals surface area contributed by atoms with Crippen LogP contribution in [0.5, 0.6) is 5.75 Å². The van der Waals surface area contributed by atoms with Crippen LogP contribution in [0, 0.1) is 0 Å². The van der Waals surface area contributed by atoms with Crippen molar-refractivity contribution in [2.75, 3.05) is 19.8 Å². The van der Waals surface area contributed by atoms with Gasteiger partial charge in [-0.1, -0.05) is 0 Å². The number of rotatable bonds is 10. The van der Waals surface area contributed by atoms with Crippen molar-refractivity contribution in [1.29, 1.82) is 0 Å². The molecule has 0 radical (unpaired) electrons. The molecule has 0 aromatic carbocycles. The van der Waals surface area contributed by atoms with Crippen LogP contribution >= 0.6 is 28.5 Å². The van der Waals surface area contributed by atoms with E-state index in [9.17, 15) is 14.7 Å². The molecule has 2 unspecified atom stereocenters. The second-order valence-electron chi connectivity index (χ2n) is 10.8. The van der Waals surface area contributed by atoms with Gasteiger partial charge in [0.25, 0.3) is 5.56 Å². The lowest BCUT2D eigenvalue weighted by molar-refractivity contribution is -0.209. The predicted molar refractivity (Wildman–Crippen MR) is 150 cm³/mol. The van der Waals surface area contributed by atoms with Gasteiger partial charge in [-0.05, 0) is 74.6 Å². The van der Waals surface area contributed by atoms with Crippen molar-refractivity contribution in [2.24, 2.45) is 0 Å². The quantitative estimate of drug-likeness (QED) is 0.225. The maximum absolute atomic E-state index is 12.8. The summed E-state index contributed by atoms with van der Waals surface area (Å²) in [5, 5.41) is 14.3. The number of alkyl carbamates (subject to hydrolysis) is 1. The smallest absolute Gasteiger partial charge is 0.408 e. The Morgan fingerprint density at radius 2 is 2.05 bits per heavy atom. The summed E-state index contributed by atoms with van der Waals surface area (Å²) < 4.78 is 24.3. The molecule has 2 aromatic rings. The Labute approximate surface area is 231 Å². The highest BCUT2D eigenvalue weighted by atomic mass is 127. The van der Waals surface area contributed by atoms with Crippen LogP contribution in [0.2, 0.25) is 0 Å². The number of pyridine rings is 2. The van der Waals surface area contributed by atoms with Gasteiger partial charge in [-0.15, -0.1) is 0 Å². The van der Waals surface area contributed by atoms with Crippen molar-refractivity contribution >= 4 is 45.6 Å². The molecule has 0 spiro atoms. The first-order chi connectivity index (χ1) is 17.5. The standard InChI is InChI=1S/C25H35IN3O7P/c1-23(2,3)36-22(32)28-24-7-9-25(10-8-24,34-16-24)20(30)15-29-19-13-17(33-11-4-12-35-37-26)14-27-18(19)5-6-21(29)31/h5-6,13-14,20,30,37H,4,7-12,15-16H2,1-3H3,(H,28,32). The van der Waals surface area contributed by atoms with Gasteiger partial charge in [0.2, 0.25) is 0 Å². The Hall–Kier alpha value is -1.53. The summed E-state index contributed by atoms with van der Waals surface area (Å²) in [6.45, 7) is 7.35.